The van der Waals surface area contributed by atoms with Crippen molar-refractivity contribution in [3.05, 3.63) is 0 Å². The second-order valence-corrected chi connectivity index (χ2v) is 4.76. The van der Waals surface area contributed by atoms with Gasteiger partial charge in [0.25, 0.3) is 0 Å². The second-order valence-electron chi connectivity index (χ2n) is 2.86. The van der Waals surface area contributed by atoms with E-state index >= 15 is 0 Å². The molecule has 0 aromatic heterocycles. The SMILES string of the molecule is CC1CNC(C(F)(F)F)CS1=O. The molecule has 2 nitrogen and oxygen atoms in total. The molecule has 1 rings (SSSR count). The van der Waals surface area contributed by atoms with Crippen molar-refractivity contribution >= 4 is 10.8 Å². The highest BCUT2D eigenvalue weighted by atomic mass is 32.2. The quantitative estimate of drug-likeness (QED) is 0.623. The summed E-state index contributed by atoms with van der Waals surface area (Å²) >= 11 is 0. The standard InChI is InChI=1S/C6H10F3NOS/c1-4-2-10-5(3-12(4)11)6(7,8)9/h4-5,10H,2-3H2,1H3. The number of alkyl halides is 3. The molecule has 0 aliphatic carbocycles. The largest absolute Gasteiger partial charge is 0.404 e. The van der Waals surface area contributed by atoms with E-state index in [0.29, 0.717) is 0 Å². The molecule has 1 N–H and O–H groups in total. The second kappa shape index (κ2) is 3.33. The third kappa shape index (κ3) is 2.20. The van der Waals surface area contributed by atoms with Gasteiger partial charge in [-0.2, -0.15) is 13.2 Å². The average Bonchev–Trinajstić information content (AvgIpc) is 1.92. The molecule has 3 atom stereocenters. The van der Waals surface area contributed by atoms with Gasteiger partial charge in [0.05, 0.1) is 0 Å². The molecule has 0 amide bonds. The highest BCUT2D eigenvalue weighted by Gasteiger charge is 2.43. The van der Waals surface area contributed by atoms with Crippen LogP contribution in [0.2, 0.25) is 0 Å². The van der Waals surface area contributed by atoms with Gasteiger partial charge in [-0.15, -0.1) is 0 Å². The molecule has 72 valence electrons. The first-order valence-corrected chi connectivity index (χ1v) is 4.96. The lowest BCUT2D eigenvalue weighted by Crippen LogP contribution is -2.54. The summed E-state index contributed by atoms with van der Waals surface area (Å²) in [6.07, 6.45) is -4.27. The van der Waals surface area contributed by atoms with Crippen molar-refractivity contribution in [2.75, 3.05) is 12.3 Å². The van der Waals surface area contributed by atoms with Crippen LogP contribution in [0.25, 0.3) is 0 Å². The number of nitrogens with one attached hydrogen (secondary N) is 1. The molecule has 0 saturated carbocycles. The van der Waals surface area contributed by atoms with Crippen LogP contribution in [-0.4, -0.2) is 34.0 Å². The van der Waals surface area contributed by atoms with E-state index in [4.69, 9.17) is 0 Å². The Morgan fingerprint density at radius 1 is 1.50 bits per heavy atom. The summed E-state index contributed by atoms with van der Waals surface area (Å²) in [7, 11) is -1.34. The lowest BCUT2D eigenvalue weighted by Gasteiger charge is -2.28. The van der Waals surface area contributed by atoms with E-state index in [-0.39, 0.29) is 17.5 Å². The molecule has 0 aromatic rings. The molecular formula is C6H10F3NOS. The van der Waals surface area contributed by atoms with Crippen molar-refractivity contribution in [2.24, 2.45) is 0 Å². The van der Waals surface area contributed by atoms with Gasteiger partial charge in [0, 0.05) is 28.3 Å². The molecule has 1 aliphatic heterocycles. The molecular weight excluding hydrogens is 191 g/mol. The first kappa shape index (κ1) is 9.98. The van der Waals surface area contributed by atoms with Crippen LogP contribution in [0.1, 0.15) is 6.92 Å². The van der Waals surface area contributed by atoms with Crippen LogP contribution in [0, 0.1) is 0 Å². The van der Waals surface area contributed by atoms with Crippen molar-refractivity contribution in [1.82, 2.24) is 5.32 Å². The maximum absolute atomic E-state index is 12.0. The van der Waals surface area contributed by atoms with Crippen molar-refractivity contribution in [2.45, 2.75) is 24.4 Å². The summed E-state index contributed by atoms with van der Waals surface area (Å²) in [6, 6.07) is -1.59. The molecule has 0 spiro atoms. The fourth-order valence-electron chi connectivity index (χ4n) is 0.999. The van der Waals surface area contributed by atoms with E-state index in [9.17, 15) is 17.4 Å². The Balaban J connectivity index is 2.57. The van der Waals surface area contributed by atoms with E-state index in [1.807, 2.05) is 0 Å². The van der Waals surface area contributed by atoms with Gasteiger partial charge >= 0.3 is 6.18 Å². The number of halogens is 3. The number of hydrogen-bond donors (Lipinski definition) is 1. The van der Waals surface area contributed by atoms with Crippen molar-refractivity contribution < 1.29 is 17.4 Å². The van der Waals surface area contributed by atoms with Gasteiger partial charge < -0.3 is 5.32 Å². The van der Waals surface area contributed by atoms with Crippen LogP contribution < -0.4 is 5.32 Å². The fraction of sp³-hybridized carbons (Fsp3) is 1.00. The number of hydrogen-bond acceptors (Lipinski definition) is 2. The Morgan fingerprint density at radius 3 is 2.50 bits per heavy atom. The van der Waals surface area contributed by atoms with Crippen LogP contribution in [0.5, 0.6) is 0 Å². The molecule has 0 aromatic carbocycles. The van der Waals surface area contributed by atoms with Crippen LogP contribution >= 0.6 is 0 Å². The minimum Gasteiger partial charge on any atom is -0.304 e. The summed E-state index contributed by atoms with van der Waals surface area (Å²) in [6.45, 7) is 1.85. The van der Waals surface area contributed by atoms with Crippen molar-refractivity contribution in [3.8, 4) is 0 Å². The van der Waals surface area contributed by atoms with E-state index < -0.39 is 23.0 Å². The molecule has 1 fully saturated rings. The van der Waals surface area contributed by atoms with E-state index in [0.717, 1.165) is 0 Å². The zero-order valence-electron chi connectivity index (χ0n) is 6.52. The highest BCUT2D eigenvalue weighted by Crippen LogP contribution is 2.23. The van der Waals surface area contributed by atoms with Crippen LogP contribution in [0.15, 0.2) is 0 Å². The van der Waals surface area contributed by atoms with Crippen molar-refractivity contribution in [1.29, 1.82) is 0 Å². The zero-order valence-corrected chi connectivity index (χ0v) is 7.34. The number of rotatable bonds is 0. The monoisotopic (exact) mass is 201 g/mol. The van der Waals surface area contributed by atoms with E-state index in [1.165, 1.54) is 0 Å². The van der Waals surface area contributed by atoms with Gasteiger partial charge in [-0.25, -0.2) is 0 Å². The van der Waals surface area contributed by atoms with E-state index in [1.54, 1.807) is 6.92 Å². The Kier molecular flexibility index (Phi) is 2.77. The minimum atomic E-state index is -4.27. The lowest BCUT2D eigenvalue weighted by atomic mass is 10.3. The van der Waals surface area contributed by atoms with Crippen LogP contribution in [-0.2, 0) is 10.8 Å². The molecule has 1 heterocycles. The van der Waals surface area contributed by atoms with Crippen molar-refractivity contribution in [3.63, 3.8) is 0 Å². The predicted octanol–water partition coefficient (Wildman–Crippen LogP) is 0.658. The summed E-state index contributed by atoms with van der Waals surface area (Å²) in [4.78, 5) is 0. The molecule has 6 heteroatoms. The average molecular weight is 201 g/mol. The zero-order chi connectivity index (χ0) is 9.35. The third-order valence-electron chi connectivity index (χ3n) is 1.83. The van der Waals surface area contributed by atoms with E-state index in [2.05, 4.69) is 5.32 Å². The fourth-order valence-corrected chi connectivity index (χ4v) is 2.24. The molecule has 0 bridgehead atoms. The molecule has 3 unspecified atom stereocenters. The van der Waals surface area contributed by atoms with Gasteiger partial charge in [0.15, 0.2) is 0 Å². The predicted molar refractivity (Wildman–Crippen MR) is 40.3 cm³/mol. The highest BCUT2D eigenvalue weighted by molar-refractivity contribution is 7.85. The Labute approximate surface area is 71.0 Å². The van der Waals surface area contributed by atoms with Crippen LogP contribution in [0.4, 0.5) is 13.2 Å². The summed E-state index contributed by atoms with van der Waals surface area (Å²) < 4.78 is 47.2. The molecule has 12 heavy (non-hydrogen) atoms. The molecule has 1 saturated heterocycles. The third-order valence-corrected chi connectivity index (χ3v) is 3.55. The van der Waals surface area contributed by atoms with Gasteiger partial charge in [-0.05, 0) is 6.92 Å². The molecule has 0 radical (unpaired) electrons. The van der Waals surface area contributed by atoms with Gasteiger partial charge in [0.2, 0.25) is 0 Å². The maximum Gasteiger partial charge on any atom is 0.404 e. The first-order chi connectivity index (χ1) is 5.41. The summed E-state index contributed by atoms with van der Waals surface area (Å²) in [5.74, 6) is -0.315. The topological polar surface area (TPSA) is 29.1 Å². The Morgan fingerprint density at radius 2 is 2.08 bits per heavy atom. The minimum absolute atomic E-state index is 0.177. The smallest absolute Gasteiger partial charge is 0.304 e. The first-order valence-electron chi connectivity index (χ1n) is 3.58. The van der Waals surface area contributed by atoms with Crippen LogP contribution in [0.3, 0.4) is 0 Å². The Bertz CT molecular complexity index is 194. The summed E-state index contributed by atoms with van der Waals surface area (Å²) in [5.41, 5.74) is 0. The Hall–Kier alpha value is -0.100. The van der Waals surface area contributed by atoms with Gasteiger partial charge in [0.1, 0.15) is 6.04 Å². The summed E-state index contributed by atoms with van der Waals surface area (Å²) in [5, 5.41) is 2.14. The van der Waals surface area contributed by atoms with Gasteiger partial charge in [-0.3, -0.25) is 4.21 Å². The molecule has 1 aliphatic rings. The normalized spacial score (nSPS) is 38.2. The maximum atomic E-state index is 12.0. The lowest BCUT2D eigenvalue weighted by molar-refractivity contribution is -0.151. The van der Waals surface area contributed by atoms with Gasteiger partial charge in [-0.1, -0.05) is 0 Å².